The number of nitrogens with zero attached hydrogens (tertiary/aromatic N) is 21. The maximum Gasteiger partial charge on any atom is 0.182 e. The molecule has 0 bridgehead atoms. The molecule has 24 nitrogen and oxygen atoms in total. The molecule has 1 fully saturated rings. The van der Waals surface area contributed by atoms with E-state index in [1.165, 1.54) is 11.1 Å². The Morgan fingerprint density at radius 1 is 0.308 bits per heavy atom. The number of benzene rings is 10. The number of Topliss-reactive ketones (excluding diaryl/α,β-unsaturated/α-hetero) is 1. The quantitative estimate of drug-likeness (QED) is 0.0814. The number of aromatic nitrogens is 20. The van der Waals surface area contributed by atoms with Crippen molar-refractivity contribution in [1.82, 2.24) is 105 Å². The molecule has 0 atom stereocenters. The Balaban J connectivity index is 0.000000114. The molecule has 11 heterocycles. The number of rotatable bonds is 16. The zero-order chi connectivity index (χ0) is 90.1. The summed E-state index contributed by atoms with van der Waals surface area (Å²) in [4.78, 5) is 14.3. The molecule has 0 unspecified atom stereocenters. The highest BCUT2D eigenvalue weighted by Crippen LogP contribution is 2.44. The molecule has 1 aliphatic rings. The minimum absolute atomic E-state index is 0.114. The maximum atomic E-state index is 11.9. The molecule has 10 aromatic heterocycles. The minimum Gasteiger partial charge on any atom is -0.497 e. The molecular weight excluding hydrogens is 1730 g/mol. The summed E-state index contributed by atoms with van der Waals surface area (Å²) in [6.45, 7) is 11.0. The fraction of sp³-hybridized carbons (Fsp3) is 0.149. The van der Waals surface area contributed by atoms with Crippen molar-refractivity contribution in [3.05, 3.63) is 321 Å². The van der Waals surface area contributed by atoms with E-state index in [1.807, 2.05) is 270 Å². The molecule has 20 aromatic rings. The van der Waals surface area contributed by atoms with Gasteiger partial charge in [-0.3, -0.25) is 9.69 Å². The third-order valence-electron chi connectivity index (χ3n) is 22.2. The normalized spacial score (nSPS) is 12.0. The van der Waals surface area contributed by atoms with Gasteiger partial charge in [-0.1, -0.05) is 331 Å². The van der Waals surface area contributed by atoms with Crippen molar-refractivity contribution >= 4 is 119 Å². The van der Waals surface area contributed by atoms with Crippen LogP contribution < -0.4 is 4.74 Å². The summed E-state index contributed by atoms with van der Waals surface area (Å²) in [6, 6.07) is 90.8. The zero-order valence-corrected chi connectivity index (χ0v) is 75.8. The minimum atomic E-state index is 0.114. The van der Waals surface area contributed by atoms with E-state index in [4.69, 9.17) is 72.6 Å². The number of morpholine rings is 1. The lowest BCUT2D eigenvalue weighted by molar-refractivity contribution is 0.0361. The van der Waals surface area contributed by atoms with Gasteiger partial charge in [0.05, 0.1) is 78.9 Å². The van der Waals surface area contributed by atoms with Crippen molar-refractivity contribution in [1.29, 1.82) is 0 Å². The first-order valence-electron chi connectivity index (χ1n) is 41.9. The van der Waals surface area contributed by atoms with Gasteiger partial charge >= 0.3 is 0 Å². The second kappa shape index (κ2) is 39.6. The molecule has 1 aliphatic heterocycles. The Morgan fingerprint density at radius 3 is 0.838 bits per heavy atom. The molecule has 0 aliphatic carbocycles. The number of halogens is 5. The molecule has 21 rings (SSSR count). The fourth-order valence-corrected chi connectivity index (χ4v) is 16.9. The van der Waals surface area contributed by atoms with Crippen molar-refractivity contribution in [2.45, 2.75) is 33.7 Å². The summed E-state index contributed by atoms with van der Waals surface area (Å²) < 4.78 is 19.4. The molecule has 646 valence electrons. The van der Waals surface area contributed by atoms with Crippen molar-refractivity contribution in [3.63, 3.8) is 0 Å². The lowest BCUT2D eigenvalue weighted by Crippen LogP contribution is -2.38. The van der Waals surface area contributed by atoms with Gasteiger partial charge < -0.3 is 9.47 Å². The van der Waals surface area contributed by atoms with Crippen LogP contribution in [0, 0.1) is 13.8 Å². The zero-order valence-electron chi connectivity index (χ0n) is 72.0. The number of carbonyl (C=O) groups is 1. The van der Waals surface area contributed by atoms with E-state index in [-0.39, 0.29) is 5.78 Å². The number of aryl methyl sites for hydroxylation is 6. The van der Waals surface area contributed by atoms with Crippen LogP contribution in [0.5, 0.6) is 5.75 Å². The first-order chi connectivity index (χ1) is 63.4. The van der Waals surface area contributed by atoms with Gasteiger partial charge in [-0.25, -0.2) is 23.4 Å². The number of hydrogen-bond donors (Lipinski definition) is 0. The van der Waals surface area contributed by atoms with E-state index in [0.717, 1.165) is 156 Å². The predicted octanol–water partition coefficient (Wildman–Crippen LogP) is 22.8. The van der Waals surface area contributed by atoms with Crippen molar-refractivity contribution < 1.29 is 14.3 Å². The van der Waals surface area contributed by atoms with Gasteiger partial charge in [-0.05, 0) is 38.1 Å². The largest absolute Gasteiger partial charge is 0.497 e. The maximum absolute atomic E-state index is 11.9. The highest BCUT2D eigenvalue weighted by atomic mass is 35.5. The van der Waals surface area contributed by atoms with Crippen LogP contribution in [0.2, 0.25) is 25.1 Å². The number of carbonyl (C=O) groups excluding carboxylic acids is 1. The van der Waals surface area contributed by atoms with Gasteiger partial charge in [0.1, 0.15) is 62.7 Å². The Kier molecular flexibility index (Phi) is 26.7. The van der Waals surface area contributed by atoms with Gasteiger partial charge in [0, 0.05) is 115 Å². The number of ketones is 1. The van der Waals surface area contributed by atoms with E-state index < -0.39 is 0 Å². The first kappa shape index (κ1) is 87.8. The van der Waals surface area contributed by atoms with E-state index in [9.17, 15) is 4.79 Å². The summed E-state index contributed by atoms with van der Waals surface area (Å²) in [7, 11) is 9.00. The van der Waals surface area contributed by atoms with Crippen molar-refractivity contribution in [3.8, 4) is 118 Å². The van der Waals surface area contributed by atoms with Crippen LogP contribution in [-0.2, 0) is 39.5 Å². The fourth-order valence-electron chi connectivity index (χ4n) is 15.3. The highest BCUT2D eigenvalue weighted by molar-refractivity contribution is 6.41. The molecule has 0 amide bonds. The summed E-state index contributed by atoms with van der Waals surface area (Å²) in [6.07, 6.45) is 0.480. The Labute approximate surface area is 773 Å². The standard InChI is InChI=1S/C23H22ClN5O.C21H17ClN4O.C19H15ClN4O.2C19H15ClN4/c24-20-19-21(17-7-3-1-4-8-17)27-29(12-11-28-13-15-30-16-14-28)23(19)26-25-22(20)18-9-5-2-6-10-18;1-3-16(27)13-9-11-15(12-10-13)19-17-18(22)20(14-7-5-4-6-8-14)23-24-21(17)26(2)25-19;1-24-19-15(17(23-24)13-8-10-14(25-2)11-9-13)16(20)18(21-22-19)12-6-4-3-5-7-12;2*1-12-8-10-14(11-9-12)17-15-16(20)18(13-6-4-3-5-7-13)21-22-19(15)24(2)23-17/h1-10H,11-16H2;4-12H,3H2,1-2H3;3-11H,1-2H3;2*3-11H,1-2H3. The molecular formula is C101H84Cl5N21O3. The monoisotopic (exact) mass is 1810 g/mol. The molecule has 130 heavy (non-hydrogen) atoms. The van der Waals surface area contributed by atoms with E-state index in [2.05, 4.69) is 139 Å². The van der Waals surface area contributed by atoms with Gasteiger partial charge in [0.15, 0.2) is 34.0 Å². The molecule has 0 N–H and O–H groups in total. The van der Waals surface area contributed by atoms with Crippen LogP contribution in [0.15, 0.2) is 279 Å². The summed E-state index contributed by atoms with van der Waals surface area (Å²) in [5, 5.41) is 73.8. The Bertz CT molecular complexity index is 7240. The van der Waals surface area contributed by atoms with Gasteiger partial charge in [0.2, 0.25) is 0 Å². The lowest BCUT2D eigenvalue weighted by atomic mass is 10.0. The second-order valence-electron chi connectivity index (χ2n) is 30.7. The third-order valence-corrected chi connectivity index (χ3v) is 24.0. The molecule has 0 saturated carbocycles. The van der Waals surface area contributed by atoms with E-state index in [0.29, 0.717) is 93.8 Å². The van der Waals surface area contributed by atoms with Gasteiger partial charge in [0.25, 0.3) is 0 Å². The molecule has 0 spiro atoms. The van der Waals surface area contributed by atoms with Crippen LogP contribution in [-0.4, -0.2) is 151 Å². The van der Waals surface area contributed by atoms with Gasteiger partial charge in [-0.15, -0.1) is 51.0 Å². The summed E-state index contributed by atoms with van der Waals surface area (Å²) >= 11 is 33.8. The number of hydrogen-bond acceptors (Lipinski definition) is 19. The number of ether oxygens (including phenoxy) is 2. The molecule has 0 radical (unpaired) electrons. The first-order valence-corrected chi connectivity index (χ1v) is 43.8. The topological polar surface area (TPSA) is 257 Å². The van der Waals surface area contributed by atoms with Crippen LogP contribution in [0.4, 0.5) is 0 Å². The number of methoxy groups -OCH3 is 1. The molecule has 10 aromatic carbocycles. The SMILES string of the molecule is CCC(=O)c1ccc(-c2nn(C)c3nnc(-c4ccccc4)c(Cl)c23)cc1.COc1ccc(-c2nn(C)c3nnc(-c4ccccc4)c(Cl)c23)cc1.Cc1ccc(-c2nn(C)c3nnc(-c4ccccc4)c(Cl)c23)cc1.Cc1ccc(-c2nn(C)c3nnc(-c4ccccc4)c(Cl)c23)cc1.Clc1c(-c2ccccc2)nnc2c1c(-c1ccccc1)nn2CCN1CCOCC1. The Morgan fingerprint density at radius 2 is 0.554 bits per heavy atom. The predicted molar refractivity (Wildman–Crippen MR) is 518 cm³/mol. The second-order valence-corrected chi connectivity index (χ2v) is 32.6. The van der Waals surface area contributed by atoms with Crippen molar-refractivity contribution in [2.75, 3.05) is 40.0 Å². The average molecular weight is 1820 g/mol. The van der Waals surface area contributed by atoms with E-state index >= 15 is 0 Å². The van der Waals surface area contributed by atoms with Crippen LogP contribution >= 0.6 is 58.0 Å². The van der Waals surface area contributed by atoms with Crippen LogP contribution in [0.25, 0.3) is 168 Å². The van der Waals surface area contributed by atoms with Crippen LogP contribution in [0.3, 0.4) is 0 Å². The lowest BCUT2D eigenvalue weighted by Gasteiger charge is -2.26. The number of fused-ring (bicyclic) bond motifs is 5. The molecule has 1 saturated heterocycles. The molecule has 29 heteroatoms. The third kappa shape index (κ3) is 18.5. The van der Waals surface area contributed by atoms with E-state index in [1.54, 1.807) is 25.8 Å². The smallest absolute Gasteiger partial charge is 0.182 e. The highest BCUT2D eigenvalue weighted by Gasteiger charge is 2.27. The summed E-state index contributed by atoms with van der Waals surface area (Å²) in [5.41, 5.74) is 23.2. The average Bonchev–Trinajstić information content (AvgIpc) is 1.60. The Hall–Kier alpha value is -14.2. The van der Waals surface area contributed by atoms with Crippen LogP contribution in [0.1, 0.15) is 34.8 Å². The summed E-state index contributed by atoms with van der Waals surface area (Å²) in [5.74, 6) is 0.905. The van der Waals surface area contributed by atoms with Gasteiger partial charge in [-0.2, -0.15) is 25.5 Å². The van der Waals surface area contributed by atoms with Crippen molar-refractivity contribution in [2.24, 2.45) is 28.2 Å².